The van der Waals surface area contributed by atoms with Gasteiger partial charge in [0.1, 0.15) is 6.10 Å². The van der Waals surface area contributed by atoms with E-state index in [1.807, 2.05) is 23.6 Å². The molecule has 18 heavy (non-hydrogen) atoms. The first-order chi connectivity index (χ1) is 8.75. The second-order valence-corrected chi connectivity index (χ2v) is 5.45. The Hall–Kier alpha value is -1.64. The summed E-state index contributed by atoms with van der Waals surface area (Å²) in [6, 6.07) is 16.4. The molecule has 1 unspecified atom stereocenters. The first kappa shape index (κ1) is 11.5. The Balaban J connectivity index is 2.09. The third-order valence-electron chi connectivity index (χ3n) is 3.25. The van der Waals surface area contributed by atoms with E-state index >= 15 is 0 Å². The molecular weight excluding hydrogens is 240 g/mol. The Morgan fingerprint density at radius 2 is 1.94 bits per heavy atom. The van der Waals surface area contributed by atoms with Gasteiger partial charge in [-0.2, -0.15) is 0 Å². The lowest BCUT2D eigenvalue weighted by Gasteiger charge is -2.11. The first-order valence-corrected chi connectivity index (χ1v) is 6.84. The van der Waals surface area contributed by atoms with E-state index in [2.05, 4.69) is 37.3 Å². The molecule has 0 fully saturated rings. The number of fused-ring (bicyclic) bond motifs is 1. The molecule has 2 aromatic carbocycles. The number of hydrogen-bond acceptors (Lipinski definition) is 2. The highest BCUT2D eigenvalue weighted by atomic mass is 32.1. The molecule has 1 atom stereocenters. The number of aliphatic hydroxyl groups is 1. The zero-order valence-electron chi connectivity index (χ0n) is 10.1. The highest BCUT2D eigenvalue weighted by Gasteiger charge is 2.11. The topological polar surface area (TPSA) is 20.2 Å². The van der Waals surface area contributed by atoms with Crippen LogP contribution >= 0.6 is 11.3 Å². The van der Waals surface area contributed by atoms with Gasteiger partial charge in [-0.25, -0.2) is 0 Å². The van der Waals surface area contributed by atoms with Crippen LogP contribution in [-0.4, -0.2) is 5.11 Å². The summed E-state index contributed by atoms with van der Waals surface area (Å²) in [4.78, 5) is 0.988. The Morgan fingerprint density at radius 1 is 1.06 bits per heavy atom. The predicted molar refractivity (Wildman–Crippen MR) is 77.1 cm³/mol. The zero-order chi connectivity index (χ0) is 12.5. The number of rotatable bonds is 2. The fourth-order valence-electron chi connectivity index (χ4n) is 2.25. The summed E-state index contributed by atoms with van der Waals surface area (Å²) in [5.74, 6) is 0. The van der Waals surface area contributed by atoms with Crippen molar-refractivity contribution in [2.45, 2.75) is 13.0 Å². The fourth-order valence-corrected chi connectivity index (χ4v) is 2.98. The summed E-state index contributed by atoms with van der Waals surface area (Å²) in [5.41, 5.74) is 2.22. The Kier molecular flexibility index (Phi) is 2.90. The van der Waals surface area contributed by atoms with Gasteiger partial charge in [0, 0.05) is 4.88 Å². The molecule has 1 N–H and O–H groups in total. The fraction of sp³-hybridized carbons (Fsp3) is 0.125. The van der Waals surface area contributed by atoms with Crippen molar-refractivity contribution in [3.05, 3.63) is 69.9 Å². The lowest BCUT2D eigenvalue weighted by atomic mass is 10.00. The standard InChI is InChI=1S/C16H14OS/c1-11-4-2-5-12-10-13(7-8-14(11)12)16(17)15-6-3-9-18-15/h2-10,16-17H,1H3. The van der Waals surface area contributed by atoms with E-state index in [0.717, 1.165) is 10.4 Å². The minimum absolute atomic E-state index is 0.519. The van der Waals surface area contributed by atoms with Crippen LogP contribution in [-0.2, 0) is 0 Å². The van der Waals surface area contributed by atoms with Gasteiger partial charge in [0.05, 0.1) is 0 Å². The maximum atomic E-state index is 10.3. The van der Waals surface area contributed by atoms with Crippen molar-refractivity contribution in [2.75, 3.05) is 0 Å². The van der Waals surface area contributed by atoms with Crippen molar-refractivity contribution in [2.24, 2.45) is 0 Å². The molecule has 0 saturated heterocycles. The average molecular weight is 254 g/mol. The van der Waals surface area contributed by atoms with Crippen LogP contribution in [0.1, 0.15) is 22.1 Å². The molecule has 0 aliphatic carbocycles. The van der Waals surface area contributed by atoms with Gasteiger partial charge < -0.3 is 5.11 Å². The normalized spacial score (nSPS) is 12.8. The highest BCUT2D eigenvalue weighted by Crippen LogP contribution is 2.28. The molecular formula is C16H14OS. The van der Waals surface area contributed by atoms with Crippen molar-refractivity contribution in [1.29, 1.82) is 0 Å². The van der Waals surface area contributed by atoms with E-state index in [-0.39, 0.29) is 0 Å². The molecule has 3 rings (SSSR count). The molecule has 0 aliphatic heterocycles. The molecule has 1 aromatic heterocycles. The SMILES string of the molecule is Cc1cccc2cc(C(O)c3cccs3)ccc12. The molecule has 0 radical (unpaired) electrons. The smallest absolute Gasteiger partial charge is 0.113 e. The summed E-state index contributed by atoms with van der Waals surface area (Å²) in [7, 11) is 0. The van der Waals surface area contributed by atoms with Gasteiger partial charge in [-0.1, -0.05) is 36.4 Å². The molecule has 0 amide bonds. The minimum atomic E-state index is -0.519. The predicted octanol–water partition coefficient (Wildman–Crippen LogP) is 4.29. The van der Waals surface area contributed by atoms with Gasteiger partial charge >= 0.3 is 0 Å². The monoisotopic (exact) mass is 254 g/mol. The molecule has 1 nitrogen and oxygen atoms in total. The molecule has 90 valence electrons. The van der Waals surface area contributed by atoms with E-state index in [0.29, 0.717) is 0 Å². The number of aryl methyl sites for hydroxylation is 1. The van der Waals surface area contributed by atoms with Gasteiger partial charge in [-0.15, -0.1) is 11.3 Å². The maximum Gasteiger partial charge on any atom is 0.113 e. The summed E-state index contributed by atoms with van der Waals surface area (Å²) >= 11 is 1.58. The van der Waals surface area contributed by atoms with E-state index < -0.39 is 6.10 Å². The molecule has 2 heteroatoms. The van der Waals surface area contributed by atoms with E-state index in [1.165, 1.54) is 16.3 Å². The van der Waals surface area contributed by atoms with Gasteiger partial charge in [-0.3, -0.25) is 0 Å². The molecule has 0 bridgehead atoms. The zero-order valence-corrected chi connectivity index (χ0v) is 10.9. The average Bonchev–Trinajstić information content (AvgIpc) is 2.91. The van der Waals surface area contributed by atoms with Crippen molar-refractivity contribution < 1.29 is 5.11 Å². The molecule has 0 spiro atoms. The van der Waals surface area contributed by atoms with Crippen LogP contribution in [0.15, 0.2) is 53.9 Å². The third kappa shape index (κ3) is 1.94. The summed E-state index contributed by atoms with van der Waals surface area (Å²) in [6.45, 7) is 2.11. The number of thiophene rings is 1. The van der Waals surface area contributed by atoms with Crippen LogP contribution in [0.5, 0.6) is 0 Å². The molecule has 0 aliphatic rings. The lowest BCUT2D eigenvalue weighted by molar-refractivity contribution is 0.224. The van der Waals surface area contributed by atoms with Crippen molar-refractivity contribution in [3.63, 3.8) is 0 Å². The lowest BCUT2D eigenvalue weighted by Crippen LogP contribution is -1.96. The number of benzene rings is 2. The molecule has 3 aromatic rings. The van der Waals surface area contributed by atoms with Gasteiger partial charge in [0.15, 0.2) is 0 Å². The van der Waals surface area contributed by atoms with Crippen molar-refractivity contribution >= 4 is 22.1 Å². The van der Waals surface area contributed by atoms with Crippen LogP contribution in [0.2, 0.25) is 0 Å². The number of hydrogen-bond donors (Lipinski definition) is 1. The second kappa shape index (κ2) is 4.56. The summed E-state index contributed by atoms with van der Waals surface area (Å²) < 4.78 is 0. The van der Waals surface area contributed by atoms with Crippen LogP contribution < -0.4 is 0 Å². The molecule has 1 heterocycles. The van der Waals surface area contributed by atoms with E-state index in [1.54, 1.807) is 11.3 Å². The Labute approximate surface area is 110 Å². The van der Waals surface area contributed by atoms with Crippen molar-refractivity contribution in [1.82, 2.24) is 0 Å². The largest absolute Gasteiger partial charge is 0.383 e. The molecule has 0 saturated carbocycles. The van der Waals surface area contributed by atoms with Crippen LogP contribution in [0.4, 0.5) is 0 Å². The van der Waals surface area contributed by atoms with Gasteiger partial charge in [-0.05, 0) is 46.3 Å². The van der Waals surface area contributed by atoms with E-state index in [4.69, 9.17) is 0 Å². The second-order valence-electron chi connectivity index (χ2n) is 4.47. The minimum Gasteiger partial charge on any atom is -0.383 e. The quantitative estimate of drug-likeness (QED) is 0.723. The maximum absolute atomic E-state index is 10.3. The van der Waals surface area contributed by atoms with Crippen LogP contribution in [0.25, 0.3) is 10.8 Å². The Bertz CT molecular complexity index is 671. The number of aliphatic hydroxyl groups excluding tert-OH is 1. The van der Waals surface area contributed by atoms with Crippen LogP contribution in [0, 0.1) is 6.92 Å². The Morgan fingerprint density at radius 3 is 2.72 bits per heavy atom. The van der Waals surface area contributed by atoms with Crippen LogP contribution in [0.3, 0.4) is 0 Å². The van der Waals surface area contributed by atoms with Gasteiger partial charge in [0.2, 0.25) is 0 Å². The highest BCUT2D eigenvalue weighted by molar-refractivity contribution is 7.10. The third-order valence-corrected chi connectivity index (χ3v) is 4.18. The summed E-state index contributed by atoms with van der Waals surface area (Å²) in [5, 5.41) is 14.7. The van der Waals surface area contributed by atoms with Crippen molar-refractivity contribution in [3.8, 4) is 0 Å². The van der Waals surface area contributed by atoms with Gasteiger partial charge in [0.25, 0.3) is 0 Å². The van der Waals surface area contributed by atoms with E-state index in [9.17, 15) is 5.11 Å². The first-order valence-electron chi connectivity index (χ1n) is 5.96. The summed E-state index contributed by atoms with van der Waals surface area (Å²) in [6.07, 6.45) is -0.519.